The number of hydrogen-bond acceptors (Lipinski definition) is 6. The van der Waals surface area contributed by atoms with Crippen LogP contribution in [0.4, 0.5) is 4.39 Å². The molecular weight excluding hydrogens is 389 g/mol. The molecule has 1 aliphatic carbocycles. The summed E-state index contributed by atoms with van der Waals surface area (Å²) >= 11 is 0. The van der Waals surface area contributed by atoms with E-state index in [1.807, 2.05) is 4.90 Å². The molecule has 1 aromatic carbocycles. The number of hydrogen-bond donors (Lipinski definition) is 2. The summed E-state index contributed by atoms with van der Waals surface area (Å²) in [4.78, 5) is 14.9. The Bertz CT molecular complexity index is 892. The minimum absolute atomic E-state index is 0.0244. The first-order valence-electron chi connectivity index (χ1n) is 10.4. The molecule has 1 aliphatic rings. The minimum atomic E-state index is -0.470. The van der Waals surface area contributed by atoms with Crippen LogP contribution in [0.3, 0.4) is 0 Å². The van der Waals surface area contributed by atoms with E-state index in [0.29, 0.717) is 61.8 Å². The third-order valence-corrected chi connectivity index (χ3v) is 5.38. The normalized spacial score (nSPS) is 13.8. The van der Waals surface area contributed by atoms with Gasteiger partial charge in [-0.1, -0.05) is 0 Å². The van der Waals surface area contributed by atoms with Crippen LogP contribution in [0.1, 0.15) is 24.8 Å². The van der Waals surface area contributed by atoms with Gasteiger partial charge in [-0.05, 0) is 62.4 Å². The summed E-state index contributed by atoms with van der Waals surface area (Å²) in [6.45, 7) is 2.27. The Labute approximate surface area is 175 Å². The van der Waals surface area contributed by atoms with E-state index in [-0.39, 0.29) is 24.5 Å². The third kappa shape index (κ3) is 5.87. The van der Waals surface area contributed by atoms with E-state index in [0.717, 1.165) is 12.8 Å². The summed E-state index contributed by atoms with van der Waals surface area (Å²) in [7, 11) is 1.42. The minimum Gasteiger partial charge on any atom is -0.494 e. The first-order valence-corrected chi connectivity index (χ1v) is 10.4. The fraction of sp³-hybridized carbons (Fsp3) is 0.545. The van der Waals surface area contributed by atoms with Crippen LogP contribution in [0.25, 0.3) is 11.3 Å². The van der Waals surface area contributed by atoms with Gasteiger partial charge in [0.25, 0.3) is 5.56 Å². The van der Waals surface area contributed by atoms with Gasteiger partial charge in [0.05, 0.1) is 26.0 Å². The van der Waals surface area contributed by atoms with Crippen molar-refractivity contribution in [2.45, 2.75) is 32.2 Å². The number of aromatic nitrogens is 2. The zero-order valence-electron chi connectivity index (χ0n) is 17.4. The topological polar surface area (TPSA) is 87.8 Å². The number of aryl methyl sites for hydroxylation is 1. The summed E-state index contributed by atoms with van der Waals surface area (Å²) in [6.07, 6.45) is 3.45. The highest BCUT2D eigenvalue weighted by atomic mass is 19.1. The molecule has 1 fully saturated rings. The van der Waals surface area contributed by atoms with Gasteiger partial charge in [0, 0.05) is 30.8 Å². The Morgan fingerprint density at radius 3 is 2.53 bits per heavy atom. The van der Waals surface area contributed by atoms with E-state index >= 15 is 0 Å². The fourth-order valence-corrected chi connectivity index (χ4v) is 3.52. The lowest BCUT2D eigenvalue weighted by atomic mass is 10.1. The SMILES string of the molecule is COc1ccc(-c2cc(CCCN(CCO)CCO)c(=O)n(CC3CC3)n2)cc1F. The van der Waals surface area contributed by atoms with E-state index < -0.39 is 5.82 Å². The van der Waals surface area contributed by atoms with Crippen molar-refractivity contribution in [1.82, 2.24) is 14.7 Å². The average molecular weight is 419 g/mol. The van der Waals surface area contributed by atoms with Gasteiger partial charge in [0.2, 0.25) is 0 Å². The largest absolute Gasteiger partial charge is 0.494 e. The van der Waals surface area contributed by atoms with Gasteiger partial charge in [-0.15, -0.1) is 0 Å². The quantitative estimate of drug-likeness (QED) is 0.544. The van der Waals surface area contributed by atoms with Crippen molar-refractivity contribution in [2.24, 2.45) is 5.92 Å². The van der Waals surface area contributed by atoms with Gasteiger partial charge < -0.3 is 14.9 Å². The standard InChI is InChI=1S/C22H30FN3O4/c1-30-21-7-6-17(13-19(21)23)20-14-18(3-2-8-25(9-11-27)10-12-28)22(29)26(24-20)15-16-4-5-16/h6-7,13-14,16,27-28H,2-5,8-12,15H2,1H3. The van der Waals surface area contributed by atoms with Crippen molar-refractivity contribution in [3.63, 3.8) is 0 Å². The van der Waals surface area contributed by atoms with Gasteiger partial charge in [-0.2, -0.15) is 5.10 Å². The van der Waals surface area contributed by atoms with Gasteiger partial charge >= 0.3 is 0 Å². The van der Waals surface area contributed by atoms with E-state index in [1.165, 1.54) is 17.9 Å². The Morgan fingerprint density at radius 2 is 1.93 bits per heavy atom. The summed E-state index contributed by atoms with van der Waals surface area (Å²) in [5.74, 6) is 0.176. The maximum atomic E-state index is 14.2. The van der Waals surface area contributed by atoms with Crippen LogP contribution in [0.2, 0.25) is 0 Å². The zero-order chi connectivity index (χ0) is 21.5. The molecule has 0 atom stereocenters. The molecule has 1 saturated carbocycles. The second-order valence-corrected chi connectivity index (χ2v) is 7.73. The van der Waals surface area contributed by atoms with Crippen molar-refractivity contribution in [3.8, 4) is 17.0 Å². The molecule has 0 radical (unpaired) electrons. The molecule has 3 rings (SSSR count). The molecule has 0 unspecified atom stereocenters. The zero-order valence-corrected chi connectivity index (χ0v) is 17.4. The van der Waals surface area contributed by atoms with Crippen LogP contribution in [0, 0.1) is 11.7 Å². The van der Waals surface area contributed by atoms with Crippen LogP contribution in [-0.4, -0.2) is 64.9 Å². The molecule has 30 heavy (non-hydrogen) atoms. The fourth-order valence-electron chi connectivity index (χ4n) is 3.52. The van der Waals surface area contributed by atoms with Gasteiger partial charge in [-0.3, -0.25) is 9.69 Å². The van der Waals surface area contributed by atoms with Gasteiger partial charge in [-0.25, -0.2) is 9.07 Å². The van der Waals surface area contributed by atoms with E-state index in [4.69, 9.17) is 14.9 Å². The van der Waals surface area contributed by atoms with Crippen LogP contribution in [-0.2, 0) is 13.0 Å². The number of aliphatic hydroxyl groups is 2. The second kappa shape index (κ2) is 10.7. The molecule has 2 aromatic rings. The van der Waals surface area contributed by atoms with Gasteiger partial charge in [0.15, 0.2) is 11.6 Å². The van der Waals surface area contributed by atoms with E-state index in [9.17, 15) is 9.18 Å². The molecule has 7 nitrogen and oxygen atoms in total. The van der Waals surface area contributed by atoms with Crippen LogP contribution in [0.5, 0.6) is 5.75 Å². The summed E-state index contributed by atoms with van der Waals surface area (Å²) in [5.41, 5.74) is 1.70. The monoisotopic (exact) mass is 419 g/mol. The second-order valence-electron chi connectivity index (χ2n) is 7.73. The molecule has 1 aromatic heterocycles. The van der Waals surface area contributed by atoms with Crippen LogP contribution >= 0.6 is 0 Å². The maximum absolute atomic E-state index is 14.2. The number of nitrogens with zero attached hydrogens (tertiary/aromatic N) is 3. The average Bonchev–Trinajstić information content (AvgIpc) is 3.55. The highest BCUT2D eigenvalue weighted by molar-refractivity contribution is 5.60. The van der Waals surface area contributed by atoms with E-state index in [1.54, 1.807) is 18.2 Å². The lowest BCUT2D eigenvalue weighted by molar-refractivity contribution is 0.160. The molecule has 1 heterocycles. The number of aliphatic hydroxyl groups excluding tert-OH is 2. The lowest BCUT2D eigenvalue weighted by Gasteiger charge is -2.20. The van der Waals surface area contributed by atoms with Crippen molar-refractivity contribution in [1.29, 1.82) is 0 Å². The molecule has 0 amide bonds. The number of halogens is 1. The Balaban J connectivity index is 1.83. The molecule has 2 N–H and O–H groups in total. The first-order chi connectivity index (χ1) is 14.5. The number of ether oxygens (including phenoxy) is 1. The maximum Gasteiger partial charge on any atom is 0.269 e. The van der Waals surface area contributed by atoms with Crippen molar-refractivity contribution < 1.29 is 19.3 Å². The number of benzene rings is 1. The highest BCUT2D eigenvalue weighted by Crippen LogP contribution is 2.30. The smallest absolute Gasteiger partial charge is 0.269 e. The van der Waals surface area contributed by atoms with Crippen molar-refractivity contribution in [3.05, 3.63) is 46.0 Å². The number of methoxy groups -OCH3 is 1. The molecular formula is C22H30FN3O4. The Hall–Kier alpha value is -2.29. The highest BCUT2D eigenvalue weighted by Gasteiger charge is 2.24. The summed E-state index contributed by atoms with van der Waals surface area (Å²) in [6, 6.07) is 6.42. The Kier molecular flexibility index (Phi) is 7.95. The molecule has 0 saturated heterocycles. The molecule has 0 aliphatic heterocycles. The van der Waals surface area contributed by atoms with Crippen molar-refractivity contribution >= 4 is 0 Å². The van der Waals surface area contributed by atoms with Crippen LogP contribution in [0.15, 0.2) is 29.1 Å². The summed E-state index contributed by atoms with van der Waals surface area (Å²) in [5, 5.41) is 22.8. The van der Waals surface area contributed by atoms with Crippen LogP contribution < -0.4 is 10.3 Å². The molecule has 0 bridgehead atoms. The predicted molar refractivity (Wildman–Crippen MR) is 112 cm³/mol. The molecule has 8 heteroatoms. The summed E-state index contributed by atoms with van der Waals surface area (Å²) < 4.78 is 20.7. The van der Waals surface area contributed by atoms with E-state index in [2.05, 4.69) is 5.10 Å². The number of rotatable bonds is 12. The first kappa shape index (κ1) is 22.4. The third-order valence-electron chi connectivity index (χ3n) is 5.38. The predicted octanol–water partition coefficient (Wildman–Crippen LogP) is 1.69. The molecule has 164 valence electrons. The van der Waals surface area contributed by atoms with Gasteiger partial charge in [0.1, 0.15) is 0 Å². The Morgan fingerprint density at radius 1 is 1.20 bits per heavy atom. The molecule has 0 spiro atoms. The lowest BCUT2D eigenvalue weighted by Crippen LogP contribution is -2.32. The van der Waals surface area contributed by atoms with Crippen molar-refractivity contribution in [2.75, 3.05) is 40.0 Å².